The Morgan fingerprint density at radius 1 is 1.25 bits per heavy atom. The number of thiophene rings is 1. The predicted octanol–water partition coefficient (Wildman–Crippen LogP) is 4.84. The molecule has 0 radical (unpaired) electrons. The topological polar surface area (TPSA) is 44.9 Å². The number of amides is 1. The summed E-state index contributed by atoms with van der Waals surface area (Å²) in [6.45, 7) is 6.16. The molecule has 2 N–H and O–H groups in total. The maximum atomic E-state index is 12.4. The van der Waals surface area contributed by atoms with Gasteiger partial charge in [-0.25, -0.2) is 0 Å². The van der Waals surface area contributed by atoms with Crippen LogP contribution in [0.2, 0.25) is 0 Å². The molecule has 24 heavy (non-hydrogen) atoms. The Hall–Kier alpha value is -2.07. The summed E-state index contributed by atoms with van der Waals surface area (Å²) in [5, 5.41) is 6.33. The molecule has 2 heterocycles. The maximum Gasteiger partial charge on any atom is 0.221 e. The van der Waals surface area contributed by atoms with Crippen LogP contribution in [-0.2, 0) is 11.2 Å². The number of H-pyrrole nitrogens is 1. The SMILES string of the molecule is CCc1cccc2c(C(CC(=O)NC(C)C)c3cccs3)c[nH]c12. The molecule has 0 aliphatic carbocycles. The van der Waals surface area contributed by atoms with E-state index in [1.165, 1.54) is 26.9 Å². The number of hydrogen-bond donors (Lipinski definition) is 2. The van der Waals surface area contributed by atoms with Gasteiger partial charge >= 0.3 is 0 Å². The van der Waals surface area contributed by atoms with Crippen molar-refractivity contribution in [3.8, 4) is 0 Å². The Kier molecular flexibility index (Phi) is 5.05. The van der Waals surface area contributed by atoms with Crippen LogP contribution >= 0.6 is 11.3 Å². The van der Waals surface area contributed by atoms with Gasteiger partial charge in [-0.1, -0.05) is 31.2 Å². The first-order chi connectivity index (χ1) is 11.6. The number of aromatic amines is 1. The first-order valence-electron chi connectivity index (χ1n) is 8.51. The van der Waals surface area contributed by atoms with Crippen LogP contribution in [0.15, 0.2) is 41.9 Å². The van der Waals surface area contributed by atoms with Gasteiger partial charge in [0.2, 0.25) is 5.91 Å². The highest BCUT2D eigenvalue weighted by molar-refractivity contribution is 7.10. The van der Waals surface area contributed by atoms with Crippen molar-refractivity contribution in [1.29, 1.82) is 0 Å². The van der Waals surface area contributed by atoms with Crippen LogP contribution in [0.3, 0.4) is 0 Å². The lowest BCUT2D eigenvalue weighted by atomic mass is 9.92. The van der Waals surface area contributed by atoms with E-state index in [9.17, 15) is 4.79 Å². The summed E-state index contributed by atoms with van der Waals surface area (Å²) >= 11 is 1.71. The van der Waals surface area contributed by atoms with Crippen LogP contribution in [0, 0.1) is 0 Å². The summed E-state index contributed by atoms with van der Waals surface area (Å²) in [6, 6.07) is 10.8. The highest BCUT2D eigenvalue weighted by atomic mass is 32.1. The number of carbonyl (C=O) groups excluding carboxylic acids is 1. The molecule has 0 fully saturated rings. The Labute approximate surface area is 147 Å². The van der Waals surface area contributed by atoms with E-state index in [1.54, 1.807) is 11.3 Å². The van der Waals surface area contributed by atoms with Gasteiger partial charge in [-0.05, 0) is 42.8 Å². The Bertz CT molecular complexity index is 817. The van der Waals surface area contributed by atoms with Gasteiger partial charge in [0.05, 0.1) is 0 Å². The molecule has 2 aromatic heterocycles. The van der Waals surface area contributed by atoms with E-state index in [2.05, 4.69) is 59.1 Å². The Morgan fingerprint density at radius 3 is 2.75 bits per heavy atom. The average Bonchev–Trinajstić information content (AvgIpc) is 3.21. The number of aromatic nitrogens is 1. The molecule has 1 atom stereocenters. The lowest BCUT2D eigenvalue weighted by molar-refractivity contribution is -0.121. The number of aryl methyl sites for hydroxylation is 1. The summed E-state index contributed by atoms with van der Waals surface area (Å²) in [4.78, 5) is 17.1. The number of benzene rings is 1. The molecule has 3 rings (SSSR count). The number of fused-ring (bicyclic) bond motifs is 1. The van der Waals surface area contributed by atoms with Gasteiger partial charge < -0.3 is 10.3 Å². The molecule has 0 bridgehead atoms. The van der Waals surface area contributed by atoms with E-state index in [4.69, 9.17) is 0 Å². The fourth-order valence-corrected chi connectivity index (χ4v) is 4.09. The summed E-state index contributed by atoms with van der Waals surface area (Å²) in [5.74, 6) is 0.189. The summed E-state index contributed by atoms with van der Waals surface area (Å²) < 4.78 is 0. The monoisotopic (exact) mass is 340 g/mol. The zero-order valence-corrected chi connectivity index (χ0v) is 15.2. The number of nitrogens with one attached hydrogen (secondary N) is 2. The second-order valence-corrected chi connectivity index (χ2v) is 7.41. The fourth-order valence-electron chi connectivity index (χ4n) is 3.24. The molecule has 0 aliphatic heterocycles. The lowest BCUT2D eigenvalue weighted by Gasteiger charge is -2.16. The van der Waals surface area contributed by atoms with Gasteiger partial charge in [-0.3, -0.25) is 4.79 Å². The quantitative estimate of drug-likeness (QED) is 0.663. The Morgan fingerprint density at radius 2 is 2.08 bits per heavy atom. The molecule has 0 saturated heterocycles. The molecule has 1 aromatic carbocycles. The summed E-state index contributed by atoms with van der Waals surface area (Å²) in [5.41, 5.74) is 3.72. The van der Waals surface area contributed by atoms with Crippen LogP contribution in [-0.4, -0.2) is 16.9 Å². The third-order valence-electron chi connectivity index (χ3n) is 4.32. The zero-order valence-electron chi connectivity index (χ0n) is 14.4. The molecule has 3 nitrogen and oxygen atoms in total. The van der Waals surface area contributed by atoms with E-state index in [0.717, 1.165) is 6.42 Å². The molecule has 0 aliphatic rings. The number of hydrogen-bond acceptors (Lipinski definition) is 2. The third-order valence-corrected chi connectivity index (χ3v) is 5.30. The van der Waals surface area contributed by atoms with E-state index in [0.29, 0.717) is 6.42 Å². The molecular weight excluding hydrogens is 316 g/mol. The molecule has 1 unspecified atom stereocenters. The van der Waals surface area contributed by atoms with Crippen molar-refractivity contribution in [3.63, 3.8) is 0 Å². The van der Waals surface area contributed by atoms with Gasteiger partial charge in [0.25, 0.3) is 0 Å². The molecule has 1 amide bonds. The van der Waals surface area contributed by atoms with E-state index < -0.39 is 0 Å². The highest BCUT2D eigenvalue weighted by Gasteiger charge is 2.23. The van der Waals surface area contributed by atoms with Crippen molar-refractivity contribution in [2.45, 2.75) is 45.6 Å². The van der Waals surface area contributed by atoms with Crippen LogP contribution in [0.25, 0.3) is 10.9 Å². The zero-order chi connectivity index (χ0) is 17.1. The third kappa shape index (κ3) is 3.39. The molecule has 4 heteroatoms. The van der Waals surface area contributed by atoms with E-state index >= 15 is 0 Å². The maximum absolute atomic E-state index is 12.4. The minimum atomic E-state index is 0.0876. The van der Waals surface area contributed by atoms with Crippen LogP contribution in [0.4, 0.5) is 0 Å². The number of rotatable bonds is 6. The van der Waals surface area contributed by atoms with Gasteiger partial charge in [-0.15, -0.1) is 11.3 Å². The molecule has 3 aromatic rings. The van der Waals surface area contributed by atoms with Gasteiger partial charge in [0, 0.05) is 40.4 Å². The van der Waals surface area contributed by atoms with Crippen molar-refractivity contribution in [2.24, 2.45) is 0 Å². The van der Waals surface area contributed by atoms with Crippen molar-refractivity contribution in [3.05, 3.63) is 57.9 Å². The van der Waals surface area contributed by atoms with Crippen molar-refractivity contribution in [2.75, 3.05) is 0 Å². The second-order valence-electron chi connectivity index (χ2n) is 6.43. The summed E-state index contributed by atoms with van der Waals surface area (Å²) in [7, 11) is 0. The van der Waals surface area contributed by atoms with Gasteiger partial charge in [0.15, 0.2) is 0 Å². The normalized spacial score (nSPS) is 12.7. The standard InChI is InChI=1S/C20H24N2OS/c1-4-14-7-5-8-15-17(12-21-20(14)15)16(18-9-6-10-24-18)11-19(23)22-13(2)3/h5-10,12-13,16,21H,4,11H2,1-3H3,(H,22,23). The number of carbonyl (C=O) groups is 1. The fraction of sp³-hybridized carbons (Fsp3) is 0.350. The van der Waals surface area contributed by atoms with Crippen LogP contribution in [0.5, 0.6) is 0 Å². The molecule has 0 saturated carbocycles. The molecule has 0 spiro atoms. The van der Waals surface area contributed by atoms with E-state index in [1.807, 2.05) is 13.8 Å². The molecular formula is C20H24N2OS. The van der Waals surface area contributed by atoms with Gasteiger partial charge in [-0.2, -0.15) is 0 Å². The first kappa shape index (κ1) is 16.8. The van der Waals surface area contributed by atoms with Crippen LogP contribution < -0.4 is 5.32 Å². The average molecular weight is 340 g/mol. The summed E-state index contributed by atoms with van der Waals surface area (Å²) in [6.07, 6.45) is 3.55. The van der Waals surface area contributed by atoms with Crippen LogP contribution in [0.1, 0.15) is 49.1 Å². The van der Waals surface area contributed by atoms with Crippen molar-refractivity contribution < 1.29 is 4.79 Å². The van der Waals surface area contributed by atoms with Gasteiger partial charge in [0.1, 0.15) is 0 Å². The number of para-hydroxylation sites is 1. The Balaban J connectivity index is 2.02. The first-order valence-corrected chi connectivity index (χ1v) is 9.39. The largest absolute Gasteiger partial charge is 0.361 e. The minimum absolute atomic E-state index is 0.0876. The van der Waals surface area contributed by atoms with Crippen molar-refractivity contribution >= 4 is 28.1 Å². The predicted molar refractivity (Wildman–Crippen MR) is 102 cm³/mol. The van der Waals surface area contributed by atoms with Crippen molar-refractivity contribution in [1.82, 2.24) is 10.3 Å². The minimum Gasteiger partial charge on any atom is -0.361 e. The van der Waals surface area contributed by atoms with E-state index in [-0.39, 0.29) is 17.9 Å². The smallest absolute Gasteiger partial charge is 0.221 e. The second kappa shape index (κ2) is 7.22. The molecule has 126 valence electrons. The highest BCUT2D eigenvalue weighted by Crippen LogP contribution is 2.36. The lowest BCUT2D eigenvalue weighted by Crippen LogP contribution is -2.31.